The van der Waals surface area contributed by atoms with Crippen LogP contribution in [0.15, 0.2) is 18.2 Å². The highest BCUT2D eigenvalue weighted by Crippen LogP contribution is 2.65. The molecule has 2 bridgehead atoms. The largest absolute Gasteiger partial charge is 0.478 e. The number of anilines is 2. The minimum atomic E-state index is -0.981. The summed E-state index contributed by atoms with van der Waals surface area (Å²) in [6.45, 7) is 8.15. The first-order chi connectivity index (χ1) is 10.2. The Morgan fingerprint density at radius 3 is 2.68 bits per heavy atom. The first-order valence-corrected chi connectivity index (χ1v) is 8.11. The van der Waals surface area contributed by atoms with Crippen LogP contribution in [0.2, 0.25) is 0 Å². The number of carbonyl (C=O) groups is 1. The van der Waals surface area contributed by atoms with Crippen LogP contribution in [0.1, 0.15) is 50.4 Å². The Kier molecular flexibility index (Phi) is 3.38. The fourth-order valence-electron chi connectivity index (χ4n) is 5.00. The van der Waals surface area contributed by atoms with Gasteiger partial charge in [0.05, 0.1) is 5.56 Å². The summed E-state index contributed by atoms with van der Waals surface area (Å²) in [5.74, 6) is 0.494. The Bertz CT molecular complexity index is 606. The number of carboxylic acid groups (broad SMARTS) is 1. The standard InChI is InChI=1S/C18H26N2O2/c1-17(2)11-6-7-18(3,9-11)15(17)10-20-12-4-5-13(16(21)22)14(19)8-12/h4-5,8,11,15,20H,6-7,9-10,19H2,1-3H3,(H,21,22). The van der Waals surface area contributed by atoms with Gasteiger partial charge in [0.15, 0.2) is 0 Å². The van der Waals surface area contributed by atoms with Crippen LogP contribution in [0.4, 0.5) is 11.4 Å². The van der Waals surface area contributed by atoms with E-state index in [-0.39, 0.29) is 5.56 Å². The van der Waals surface area contributed by atoms with E-state index in [0.29, 0.717) is 22.4 Å². The average Bonchev–Trinajstić information content (AvgIpc) is 2.89. The van der Waals surface area contributed by atoms with Gasteiger partial charge in [-0.25, -0.2) is 4.79 Å². The molecule has 0 saturated heterocycles. The SMILES string of the molecule is CC12CCC(C1)C(C)(C)C2CNc1ccc(C(=O)O)c(N)c1. The lowest BCUT2D eigenvalue weighted by Crippen LogP contribution is -2.39. The fraction of sp³-hybridized carbons (Fsp3) is 0.611. The van der Waals surface area contributed by atoms with Gasteiger partial charge in [-0.2, -0.15) is 0 Å². The minimum Gasteiger partial charge on any atom is -0.478 e. The summed E-state index contributed by atoms with van der Waals surface area (Å²) >= 11 is 0. The second kappa shape index (κ2) is 4.90. The van der Waals surface area contributed by atoms with Crippen molar-refractivity contribution in [2.75, 3.05) is 17.6 Å². The van der Waals surface area contributed by atoms with E-state index < -0.39 is 5.97 Å². The molecule has 0 radical (unpaired) electrons. The summed E-state index contributed by atoms with van der Waals surface area (Å²) in [6, 6.07) is 5.11. The number of benzene rings is 1. The Morgan fingerprint density at radius 1 is 1.41 bits per heavy atom. The Balaban J connectivity index is 1.73. The van der Waals surface area contributed by atoms with E-state index in [1.165, 1.54) is 19.3 Å². The average molecular weight is 302 g/mol. The second-order valence-corrected chi connectivity index (χ2v) is 7.96. The minimum absolute atomic E-state index is 0.165. The van der Waals surface area contributed by atoms with E-state index in [1.54, 1.807) is 12.1 Å². The van der Waals surface area contributed by atoms with Gasteiger partial charge < -0.3 is 16.2 Å². The quantitative estimate of drug-likeness (QED) is 0.739. The first kappa shape index (κ1) is 15.2. The topological polar surface area (TPSA) is 75.3 Å². The van der Waals surface area contributed by atoms with Crippen molar-refractivity contribution in [3.05, 3.63) is 23.8 Å². The number of hydrogen-bond donors (Lipinski definition) is 3. The molecule has 0 heterocycles. The van der Waals surface area contributed by atoms with Gasteiger partial charge in [-0.1, -0.05) is 20.8 Å². The van der Waals surface area contributed by atoms with Crippen LogP contribution >= 0.6 is 0 Å². The van der Waals surface area contributed by atoms with Gasteiger partial charge >= 0.3 is 5.97 Å². The van der Waals surface area contributed by atoms with Crippen molar-refractivity contribution in [2.45, 2.75) is 40.0 Å². The van der Waals surface area contributed by atoms with E-state index in [4.69, 9.17) is 10.8 Å². The number of hydrogen-bond acceptors (Lipinski definition) is 3. The molecule has 2 saturated carbocycles. The molecule has 0 amide bonds. The normalized spacial score (nSPS) is 32.1. The van der Waals surface area contributed by atoms with Crippen molar-refractivity contribution in [1.29, 1.82) is 0 Å². The van der Waals surface area contributed by atoms with Gasteiger partial charge in [0.25, 0.3) is 0 Å². The van der Waals surface area contributed by atoms with Gasteiger partial charge in [0.1, 0.15) is 0 Å². The molecule has 2 aliphatic carbocycles. The van der Waals surface area contributed by atoms with E-state index in [0.717, 1.165) is 18.2 Å². The zero-order chi connectivity index (χ0) is 16.1. The van der Waals surface area contributed by atoms with Gasteiger partial charge in [-0.15, -0.1) is 0 Å². The van der Waals surface area contributed by atoms with Crippen LogP contribution in [0.3, 0.4) is 0 Å². The molecule has 0 aliphatic heterocycles. The maximum absolute atomic E-state index is 11.0. The third-order valence-corrected chi connectivity index (χ3v) is 6.36. The maximum Gasteiger partial charge on any atom is 0.337 e. The van der Waals surface area contributed by atoms with Crippen molar-refractivity contribution >= 4 is 17.3 Å². The Morgan fingerprint density at radius 2 is 2.14 bits per heavy atom. The van der Waals surface area contributed by atoms with Gasteiger partial charge in [-0.3, -0.25) is 0 Å². The van der Waals surface area contributed by atoms with Crippen molar-refractivity contribution in [3.63, 3.8) is 0 Å². The van der Waals surface area contributed by atoms with Crippen LogP contribution < -0.4 is 11.1 Å². The summed E-state index contributed by atoms with van der Waals surface area (Å²) in [5.41, 5.74) is 8.02. The summed E-state index contributed by atoms with van der Waals surface area (Å²) in [7, 11) is 0. The smallest absolute Gasteiger partial charge is 0.337 e. The highest BCUT2D eigenvalue weighted by atomic mass is 16.4. The summed E-state index contributed by atoms with van der Waals surface area (Å²) in [6.07, 6.45) is 4.03. The van der Waals surface area contributed by atoms with Crippen LogP contribution in [0.5, 0.6) is 0 Å². The zero-order valence-electron chi connectivity index (χ0n) is 13.6. The summed E-state index contributed by atoms with van der Waals surface area (Å²) in [5, 5.41) is 12.5. The number of rotatable bonds is 4. The van der Waals surface area contributed by atoms with Crippen molar-refractivity contribution in [3.8, 4) is 0 Å². The van der Waals surface area contributed by atoms with Crippen molar-refractivity contribution < 1.29 is 9.90 Å². The maximum atomic E-state index is 11.0. The van der Waals surface area contributed by atoms with E-state index in [9.17, 15) is 4.79 Å². The van der Waals surface area contributed by atoms with Gasteiger partial charge in [-0.05, 0) is 60.1 Å². The molecule has 2 aliphatic rings. The Labute approximate surface area is 132 Å². The molecule has 0 spiro atoms. The molecule has 3 rings (SSSR count). The zero-order valence-corrected chi connectivity index (χ0v) is 13.6. The van der Waals surface area contributed by atoms with Crippen LogP contribution in [0, 0.1) is 22.7 Å². The molecule has 120 valence electrons. The van der Waals surface area contributed by atoms with Gasteiger partial charge in [0.2, 0.25) is 0 Å². The Hall–Kier alpha value is -1.71. The number of carboxylic acids is 1. The molecule has 22 heavy (non-hydrogen) atoms. The predicted octanol–water partition coefficient (Wildman–Crippen LogP) is 3.84. The third kappa shape index (κ3) is 2.25. The monoisotopic (exact) mass is 302 g/mol. The molecule has 4 heteroatoms. The lowest BCUT2D eigenvalue weighted by Gasteiger charge is -2.43. The number of aromatic carboxylic acids is 1. The molecule has 1 aromatic rings. The lowest BCUT2D eigenvalue weighted by molar-refractivity contribution is 0.0698. The molecular weight excluding hydrogens is 276 g/mol. The lowest BCUT2D eigenvalue weighted by atomic mass is 9.64. The van der Waals surface area contributed by atoms with Gasteiger partial charge in [0, 0.05) is 17.9 Å². The second-order valence-electron chi connectivity index (χ2n) is 7.96. The highest BCUT2D eigenvalue weighted by Gasteiger charge is 2.58. The molecule has 4 N–H and O–H groups in total. The van der Waals surface area contributed by atoms with E-state index >= 15 is 0 Å². The van der Waals surface area contributed by atoms with Crippen LogP contribution in [-0.2, 0) is 0 Å². The predicted molar refractivity (Wildman–Crippen MR) is 89.0 cm³/mol. The van der Waals surface area contributed by atoms with E-state index in [2.05, 4.69) is 26.1 Å². The molecule has 3 atom stereocenters. The fourth-order valence-corrected chi connectivity index (χ4v) is 5.00. The summed E-state index contributed by atoms with van der Waals surface area (Å²) < 4.78 is 0. The van der Waals surface area contributed by atoms with Crippen LogP contribution in [-0.4, -0.2) is 17.6 Å². The molecule has 1 aromatic carbocycles. The third-order valence-electron chi connectivity index (χ3n) is 6.36. The first-order valence-electron chi connectivity index (χ1n) is 8.11. The van der Waals surface area contributed by atoms with Crippen LogP contribution in [0.25, 0.3) is 0 Å². The molecular formula is C18H26N2O2. The molecule has 2 fully saturated rings. The number of nitrogens with one attached hydrogen (secondary N) is 1. The number of fused-ring (bicyclic) bond motifs is 2. The molecule has 0 aromatic heterocycles. The highest BCUT2D eigenvalue weighted by molar-refractivity contribution is 5.94. The summed E-state index contributed by atoms with van der Waals surface area (Å²) in [4.78, 5) is 11.0. The number of nitrogens with two attached hydrogens (primary N) is 1. The van der Waals surface area contributed by atoms with Crippen molar-refractivity contribution in [1.82, 2.24) is 0 Å². The molecule has 4 nitrogen and oxygen atoms in total. The van der Waals surface area contributed by atoms with E-state index in [1.807, 2.05) is 6.07 Å². The number of nitrogen functional groups attached to an aromatic ring is 1. The van der Waals surface area contributed by atoms with Crippen molar-refractivity contribution in [2.24, 2.45) is 22.7 Å². The molecule has 3 unspecified atom stereocenters.